The molecule has 0 aliphatic rings. The number of guanidine groups is 1. The SMILES string of the molecule is Cc1cc(C)cc(NC(N)=NCCc2csc(C)n2)c1. The van der Waals surface area contributed by atoms with Crippen LogP contribution in [0.1, 0.15) is 21.8 Å². The smallest absolute Gasteiger partial charge is 0.193 e. The van der Waals surface area contributed by atoms with Crippen molar-refractivity contribution in [1.82, 2.24) is 4.98 Å². The number of aromatic nitrogens is 1. The lowest BCUT2D eigenvalue weighted by molar-refractivity contribution is 0.927. The normalized spacial score (nSPS) is 11.7. The molecule has 1 aromatic carbocycles. The summed E-state index contributed by atoms with van der Waals surface area (Å²) in [5, 5.41) is 6.28. The molecule has 1 aromatic heterocycles. The Morgan fingerprint density at radius 2 is 1.95 bits per heavy atom. The first kappa shape index (κ1) is 14.5. The summed E-state index contributed by atoms with van der Waals surface area (Å²) in [6.07, 6.45) is 0.819. The highest BCUT2D eigenvalue weighted by Crippen LogP contribution is 2.13. The van der Waals surface area contributed by atoms with Gasteiger partial charge in [0, 0.05) is 24.0 Å². The van der Waals surface area contributed by atoms with E-state index in [1.165, 1.54) is 11.1 Å². The topological polar surface area (TPSA) is 63.3 Å². The molecule has 0 atom stereocenters. The lowest BCUT2D eigenvalue weighted by Gasteiger charge is -2.07. The summed E-state index contributed by atoms with van der Waals surface area (Å²) in [7, 11) is 0. The molecule has 0 saturated carbocycles. The number of hydrogen-bond acceptors (Lipinski definition) is 3. The van der Waals surface area contributed by atoms with E-state index in [0.29, 0.717) is 12.5 Å². The van der Waals surface area contributed by atoms with Crippen molar-refractivity contribution in [3.63, 3.8) is 0 Å². The summed E-state index contributed by atoms with van der Waals surface area (Å²) in [6.45, 7) is 6.78. The first-order valence-electron chi connectivity index (χ1n) is 6.59. The highest BCUT2D eigenvalue weighted by molar-refractivity contribution is 7.09. The van der Waals surface area contributed by atoms with Gasteiger partial charge < -0.3 is 11.1 Å². The van der Waals surface area contributed by atoms with E-state index in [0.717, 1.165) is 22.8 Å². The Kier molecular flexibility index (Phi) is 4.74. The van der Waals surface area contributed by atoms with Gasteiger partial charge in [-0.1, -0.05) is 6.07 Å². The maximum absolute atomic E-state index is 5.90. The standard InChI is InChI=1S/C15H20N4S/c1-10-6-11(2)8-14(7-10)19-15(16)17-5-4-13-9-20-12(3)18-13/h6-9H,4-5H2,1-3H3,(H3,16,17,19). The van der Waals surface area contributed by atoms with Crippen LogP contribution in [-0.4, -0.2) is 17.5 Å². The van der Waals surface area contributed by atoms with Crippen LogP contribution in [0.25, 0.3) is 0 Å². The Morgan fingerprint density at radius 1 is 1.25 bits per heavy atom. The molecule has 2 aromatic rings. The predicted octanol–water partition coefficient (Wildman–Crippen LogP) is 3.04. The lowest BCUT2D eigenvalue weighted by atomic mass is 10.1. The van der Waals surface area contributed by atoms with Gasteiger partial charge >= 0.3 is 0 Å². The van der Waals surface area contributed by atoms with Crippen molar-refractivity contribution in [2.24, 2.45) is 10.7 Å². The molecular formula is C15H20N4S. The maximum Gasteiger partial charge on any atom is 0.193 e. The third-order valence-electron chi connectivity index (χ3n) is 2.81. The minimum Gasteiger partial charge on any atom is -0.370 e. The summed E-state index contributed by atoms with van der Waals surface area (Å²) in [5.41, 5.74) is 10.4. The second kappa shape index (κ2) is 6.52. The van der Waals surface area contributed by atoms with Crippen molar-refractivity contribution in [1.29, 1.82) is 0 Å². The molecule has 106 valence electrons. The van der Waals surface area contributed by atoms with Crippen molar-refractivity contribution in [3.8, 4) is 0 Å². The van der Waals surface area contributed by atoms with E-state index in [4.69, 9.17) is 5.73 Å². The zero-order valence-electron chi connectivity index (χ0n) is 12.1. The zero-order chi connectivity index (χ0) is 14.5. The lowest BCUT2D eigenvalue weighted by Crippen LogP contribution is -2.23. The van der Waals surface area contributed by atoms with Crippen molar-refractivity contribution in [3.05, 3.63) is 45.4 Å². The molecule has 0 fully saturated rings. The van der Waals surface area contributed by atoms with Crippen LogP contribution in [0.2, 0.25) is 0 Å². The van der Waals surface area contributed by atoms with Crippen molar-refractivity contribution in [2.45, 2.75) is 27.2 Å². The number of nitrogens with one attached hydrogen (secondary N) is 1. The van der Waals surface area contributed by atoms with Crippen molar-refractivity contribution in [2.75, 3.05) is 11.9 Å². The van der Waals surface area contributed by atoms with E-state index in [2.05, 4.69) is 52.7 Å². The van der Waals surface area contributed by atoms with Crippen LogP contribution < -0.4 is 11.1 Å². The number of benzene rings is 1. The van der Waals surface area contributed by atoms with Gasteiger partial charge in [-0.05, 0) is 44.0 Å². The van der Waals surface area contributed by atoms with Gasteiger partial charge in [0.2, 0.25) is 0 Å². The number of aryl methyl sites for hydroxylation is 3. The van der Waals surface area contributed by atoms with Gasteiger partial charge in [-0.2, -0.15) is 0 Å². The van der Waals surface area contributed by atoms with Crippen LogP contribution in [0.15, 0.2) is 28.6 Å². The molecule has 0 saturated heterocycles. The fourth-order valence-electron chi connectivity index (χ4n) is 2.05. The molecule has 0 unspecified atom stereocenters. The second-order valence-electron chi connectivity index (χ2n) is 4.88. The summed E-state index contributed by atoms with van der Waals surface area (Å²) < 4.78 is 0. The number of rotatable bonds is 4. The molecule has 4 nitrogen and oxygen atoms in total. The summed E-state index contributed by atoms with van der Waals surface area (Å²) in [6, 6.07) is 6.24. The predicted molar refractivity (Wildman–Crippen MR) is 86.6 cm³/mol. The minimum atomic E-state index is 0.446. The van der Waals surface area contributed by atoms with E-state index in [1.807, 2.05) is 6.92 Å². The molecule has 0 radical (unpaired) electrons. The maximum atomic E-state index is 5.90. The van der Waals surface area contributed by atoms with Crippen LogP contribution in [-0.2, 0) is 6.42 Å². The van der Waals surface area contributed by atoms with Crippen LogP contribution in [0.5, 0.6) is 0 Å². The van der Waals surface area contributed by atoms with Gasteiger partial charge in [-0.25, -0.2) is 4.98 Å². The van der Waals surface area contributed by atoms with Gasteiger partial charge in [-0.15, -0.1) is 11.3 Å². The second-order valence-corrected chi connectivity index (χ2v) is 5.94. The van der Waals surface area contributed by atoms with E-state index >= 15 is 0 Å². The number of aliphatic imine (C=N–C) groups is 1. The van der Waals surface area contributed by atoms with Crippen LogP contribution >= 0.6 is 11.3 Å². The average Bonchev–Trinajstić information content (AvgIpc) is 2.73. The monoisotopic (exact) mass is 288 g/mol. The Balaban J connectivity index is 1.90. The first-order valence-corrected chi connectivity index (χ1v) is 7.47. The summed E-state index contributed by atoms with van der Waals surface area (Å²) in [5.74, 6) is 0.446. The molecule has 2 rings (SSSR count). The van der Waals surface area contributed by atoms with E-state index in [1.54, 1.807) is 11.3 Å². The molecule has 20 heavy (non-hydrogen) atoms. The van der Waals surface area contributed by atoms with Gasteiger partial charge in [0.1, 0.15) is 0 Å². The highest BCUT2D eigenvalue weighted by Gasteiger charge is 1.99. The Labute approximate surface area is 123 Å². The first-order chi connectivity index (χ1) is 9.52. The van der Waals surface area contributed by atoms with Crippen LogP contribution in [0, 0.1) is 20.8 Å². The molecule has 0 aliphatic heterocycles. The van der Waals surface area contributed by atoms with Gasteiger partial charge in [-0.3, -0.25) is 4.99 Å². The third kappa shape index (κ3) is 4.35. The van der Waals surface area contributed by atoms with E-state index in [9.17, 15) is 0 Å². The molecule has 3 N–H and O–H groups in total. The number of nitrogens with two attached hydrogens (primary N) is 1. The van der Waals surface area contributed by atoms with Gasteiger partial charge in [0.05, 0.1) is 10.7 Å². The van der Waals surface area contributed by atoms with E-state index in [-0.39, 0.29) is 0 Å². The molecule has 0 bridgehead atoms. The van der Waals surface area contributed by atoms with Crippen molar-refractivity contribution < 1.29 is 0 Å². The summed E-state index contributed by atoms with van der Waals surface area (Å²) in [4.78, 5) is 8.73. The largest absolute Gasteiger partial charge is 0.370 e. The number of anilines is 1. The summed E-state index contributed by atoms with van der Waals surface area (Å²) >= 11 is 1.66. The molecule has 1 heterocycles. The van der Waals surface area contributed by atoms with Crippen LogP contribution in [0.3, 0.4) is 0 Å². The molecule has 0 aliphatic carbocycles. The van der Waals surface area contributed by atoms with Crippen molar-refractivity contribution >= 4 is 23.0 Å². The minimum absolute atomic E-state index is 0.446. The number of thiazole rings is 1. The number of hydrogen-bond donors (Lipinski definition) is 2. The average molecular weight is 288 g/mol. The fourth-order valence-corrected chi connectivity index (χ4v) is 2.70. The molecule has 0 spiro atoms. The Bertz CT molecular complexity index is 596. The number of nitrogens with zero attached hydrogens (tertiary/aromatic N) is 2. The fraction of sp³-hybridized carbons (Fsp3) is 0.333. The molecular weight excluding hydrogens is 268 g/mol. The van der Waals surface area contributed by atoms with E-state index < -0.39 is 0 Å². The van der Waals surface area contributed by atoms with Crippen LogP contribution in [0.4, 0.5) is 5.69 Å². The third-order valence-corrected chi connectivity index (χ3v) is 3.63. The quantitative estimate of drug-likeness (QED) is 0.671. The Morgan fingerprint density at radius 3 is 2.55 bits per heavy atom. The van der Waals surface area contributed by atoms with Gasteiger partial charge in [0.15, 0.2) is 5.96 Å². The van der Waals surface area contributed by atoms with Gasteiger partial charge in [0.25, 0.3) is 0 Å². The highest BCUT2D eigenvalue weighted by atomic mass is 32.1. The molecule has 5 heteroatoms. The molecule has 0 amide bonds. The zero-order valence-corrected chi connectivity index (χ0v) is 12.9. The Hall–Kier alpha value is -1.88.